The van der Waals surface area contributed by atoms with Gasteiger partial charge in [-0.15, -0.1) is 0 Å². The molecule has 1 fully saturated rings. The number of carbonyl (C=O) groups is 2. The predicted octanol–water partition coefficient (Wildman–Crippen LogP) is 9.75. The number of unbranched alkanes of at least 4 members (excludes halogenated alkanes) is 1. The van der Waals surface area contributed by atoms with Crippen LogP contribution in [0.25, 0.3) is 33.0 Å². The van der Waals surface area contributed by atoms with Crippen LogP contribution in [0.4, 0.5) is 0 Å². The van der Waals surface area contributed by atoms with Crippen LogP contribution in [0, 0.1) is 0 Å². The lowest BCUT2D eigenvalue weighted by Crippen LogP contribution is -2.07. The molecule has 0 aliphatic heterocycles. The van der Waals surface area contributed by atoms with Crippen molar-refractivity contribution in [1.29, 1.82) is 0 Å². The summed E-state index contributed by atoms with van der Waals surface area (Å²) >= 11 is 0. The fourth-order valence-electron chi connectivity index (χ4n) is 5.99. The highest BCUT2D eigenvalue weighted by Gasteiger charge is 2.21. The maximum Gasteiger partial charge on any atom is 0.335 e. The highest BCUT2D eigenvalue weighted by atomic mass is 16.5. The Balaban J connectivity index is 1.71. The van der Waals surface area contributed by atoms with Gasteiger partial charge >= 0.3 is 11.9 Å². The normalized spacial score (nSPS) is 13.5. The summed E-state index contributed by atoms with van der Waals surface area (Å²) < 4.78 is 11.6. The van der Waals surface area contributed by atoms with Gasteiger partial charge in [-0.25, -0.2) is 9.59 Å². The zero-order valence-corrected chi connectivity index (χ0v) is 24.4. The molecule has 42 heavy (non-hydrogen) atoms. The first-order chi connectivity index (χ1) is 20.5. The Kier molecular flexibility index (Phi) is 9.33. The summed E-state index contributed by atoms with van der Waals surface area (Å²) in [6.07, 6.45) is 11.9. The monoisotopic (exact) mass is 558 g/mol. The Bertz CT molecular complexity index is 1590. The fourth-order valence-corrected chi connectivity index (χ4v) is 5.99. The van der Waals surface area contributed by atoms with Crippen molar-refractivity contribution in [1.82, 2.24) is 0 Å². The lowest BCUT2D eigenvalue weighted by molar-refractivity contribution is -0.129. The quantitative estimate of drug-likeness (QED) is 0.110. The second kappa shape index (κ2) is 13.5. The highest BCUT2D eigenvalue weighted by Crippen LogP contribution is 2.45. The zero-order valence-electron chi connectivity index (χ0n) is 24.4. The van der Waals surface area contributed by atoms with Gasteiger partial charge in [0.15, 0.2) is 0 Å². The highest BCUT2D eigenvalue weighted by molar-refractivity contribution is 6.12. The van der Waals surface area contributed by atoms with E-state index in [2.05, 4.69) is 80.7 Å². The van der Waals surface area contributed by atoms with Crippen molar-refractivity contribution in [2.45, 2.75) is 64.2 Å². The lowest BCUT2D eigenvalue weighted by atomic mass is 9.83. The zero-order chi connectivity index (χ0) is 29.5. The Morgan fingerprint density at radius 2 is 1.21 bits per heavy atom. The maximum absolute atomic E-state index is 12.4. The van der Waals surface area contributed by atoms with Crippen molar-refractivity contribution in [3.8, 4) is 33.8 Å². The molecule has 0 radical (unpaired) electrons. The van der Waals surface area contributed by atoms with Crippen molar-refractivity contribution >= 4 is 22.7 Å². The summed E-state index contributed by atoms with van der Waals surface area (Å²) in [7, 11) is 0. The summed E-state index contributed by atoms with van der Waals surface area (Å²) in [6.45, 7) is 9.34. The third kappa shape index (κ3) is 6.38. The predicted molar refractivity (Wildman–Crippen MR) is 171 cm³/mol. The van der Waals surface area contributed by atoms with Crippen molar-refractivity contribution in [2.24, 2.45) is 0 Å². The second-order valence-electron chi connectivity index (χ2n) is 11.0. The minimum atomic E-state index is -0.560. The van der Waals surface area contributed by atoms with E-state index in [-0.39, 0.29) is 0 Å². The molecule has 0 atom stereocenters. The molecule has 1 aliphatic carbocycles. The Labute approximate surface area is 248 Å². The van der Waals surface area contributed by atoms with Crippen molar-refractivity contribution < 1.29 is 19.1 Å². The van der Waals surface area contributed by atoms with E-state index in [1.54, 1.807) is 12.1 Å². The SMILES string of the molecule is C=CC(=O)Oc1ccc(OC(=O)C=C)c2c(-c3ccc(C4CCCCC4)cc3)ccc(-c3ccc(CCCC)cc3)c12. The van der Waals surface area contributed by atoms with Gasteiger partial charge < -0.3 is 9.47 Å². The number of hydrogen-bond acceptors (Lipinski definition) is 4. The van der Waals surface area contributed by atoms with Crippen LogP contribution < -0.4 is 9.47 Å². The molecule has 4 aromatic rings. The maximum atomic E-state index is 12.4. The molecule has 4 aromatic carbocycles. The first kappa shape index (κ1) is 29.1. The standard InChI is InChI=1S/C38H38O4/c1-4-7-11-26-14-16-29(17-15-26)31-22-23-32(30-20-18-28(19-21-30)27-12-9-8-10-13-27)38-34(42-36(40)6-3)25-24-33(37(31)38)41-35(39)5-2/h5-6,14-25,27H,2-4,7-13H2,1H3. The molecule has 0 saturated heterocycles. The fraction of sp³-hybridized carbons (Fsp3) is 0.263. The summed E-state index contributed by atoms with van der Waals surface area (Å²) in [5.41, 5.74) is 6.36. The van der Waals surface area contributed by atoms with E-state index in [1.807, 2.05) is 0 Å². The van der Waals surface area contributed by atoms with Crippen molar-refractivity contribution in [3.05, 3.63) is 109 Å². The van der Waals surface area contributed by atoms with Crippen LogP contribution in [0.5, 0.6) is 11.5 Å². The van der Waals surface area contributed by atoms with Gasteiger partial charge in [0, 0.05) is 22.9 Å². The Morgan fingerprint density at radius 1 is 0.714 bits per heavy atom. The molecule has 1 aliphatic rings. The number of ether oxygens (including phenoxy) is 2. The van der Waals surface area contributed by atoms with Gasteiger partial charge in [0.25, 0.3) is 0 Å². The van der Waals surface area contributed by atoms with Crippen LogP contribution in [-0.2, 0) is 16.0 Å². The minimum absolute atomic E-state index is 0.374. The van der Waals surface area contributed by atoms with E-state index in [0.717, 1.165) is 53.7 Å². The molecule has 214 valence electrons. The van der Waals surface area contributed by atoms with Crippen LogP contribution in [0.3, 0.4) is 0 Å². The number of esters is 2. The van der Waals surface area contributed by atoms with Gasteiger partial charge in [-0.2, -0.15) is 0 Å². The van der Waals surface area contributed by atoms with Gasteiger partial charge in [0.1, 0.15) is 11.5 Å². The second-order valence-corrected chi connectivity index (χ2v) is 11.0. The van der Waals surface area contributed by atoms with Crippen LogP contribution in [0.2, 0.25) is 0 Å². The van der Waals surface area contributed by atoms with Crippen molar-refractivity contribution in [2.75, 3.05) is 0 Å². The van der Waals surface area contributed by atoms with Crippen LogP contribution in [-0.4, -0.2) is 11.9 Å². The molecule has 0 heterocycles. The molecule has 0 unspecified atom stereocenters. The number of aryl methyl sites for hydroxylation is 1. The number of carbonyl (C=O) groups excluding carboxylic acids is 2. The average molecular weight is 559 g/mol. The lowest BCUT2D eigenvalue weighted by Gasteiger charge is -2.22. The summed E-state index contributed by atoms with van der Waals surface area (Å²) in [6, 6.07) is 24.7. The van der Waals surface area contributed by atoms with Crippen LogP contribution in [0.1, 0.15) is 68.9 Å². The first-order valence-electron chi connectivity index (χ1n) is 15.0. The topological polar surface area (TPSA) is 52.6 Å². The van der Waals surface area contributed by atoms with Crippen LogP contribution in [0.15, 0.2) is 98.1 Å². The van der Waals surface area contributed by atoms with Gasteiger partial charge in [-0.05, 0) is 77.1 Å². The average Bonchev–Trinajstić information content (AvgIpc) is 3.05. The van der Waals surface area contributed by atoms with E-state index >= 15 is 0 Å². The third-order valence-corrected chi connectivity index (χ3v) is 8.22. The van der Waals surface area contributed by atoms with E-state index in [1.165, 1.54) is 43.2 Å². The molecule has 4 nitrogen and oxygen atoms in total. The van der Waals surface area contributed by atoms with E-state index < -0.39 is 11.9 Å². The molecular weight excluding hydrogens is 520 g/mol. The van der Waals surface area contributed by atoms with Crippen molar-refractivity contribution in [3.63, 3.8) is 0 Å². The molecule has 0 amide bonds. The summed E-state index contributed by atoms with van der Waals surface area (Å²) in [5, 5.41) is 1.38. The first-order valence-corrected chi connectivity index (χ1v) is 15.0. The summed E-state index contributed by atoms with van der Waals surface area (Å²) in [4.78, 5) is 24.9. The van der Waals surface area contributed by atoms with E-state index in [9.17, 15) is 9.59 Å². The molecule has 4 heteroatoms. The number of fused-ring (bicyclic) bond motifs is 1. The molecular formula is C38H38O4. The number of hydrogen-bond donors (Lipinski definition) is 0. The minimum Gasteiger partial charge on any atom is -0.423 e. The Morgan fingerprint density at radius 3 is 1.69 bits per heavy atom. The van der Waals surface area contributed by atoms with Gasteiger partial charge in [0.05, 0.1) is 0 Å². The van der Waals surface area contributed by atoms with Gasteiger partial charge in [-0.1, -0.05) is 106 Å². The van der Waals surface area contributed by atoms with Gasteiger partial charge in [0.2, 0.25) is 0 Å². The Hall–Kier alpha value is -4.44. The van der Waals surface area contributed by atoms with E-state index in [4.69, 9.17) is 9.47 Å². The van der Waals surface area contributed by atoms with Crippen LogP contribution >= 0.6 is 0 Å². The molecule has 1 saturated carbocycles. The third-order valence-electron chi connectivity index (χ3n) is 8.22. The molecule has 0 bridgehead atoms. The molecule has 5 rings (SSSR count). The van der Waals surface area contributed by atoms with E-state index in [0.29, 0.717) is 28.2 Å². The van der Waals surface area contributed by atoms with Gasteiger partial charge in [-0.3, -0.25) is 0 Å². The molecule has 0 spiro atoms. The largest absolute Gasteiger partial charge is 0.423 e. The smallest absolute Gasteiger partial charge is 0.335 e. The number of rotatable bonds is 10. The summed E-state index contributed by atoms with van der Waals surface area (Å²) in [5.74, 6) is 0.230. The molecule has 0 aromatic heterocycles. The number of benzene rings is 4. The molecule has 0 N–H and O–H groups in total.